The zero-order valence-corrected chi connectivity index (χ0v) is 11.4. The van der Waals surface area contributed by atoms with E-state index in [-0.39, 0.29) is 37.5 Å². The lowest BCUT2D eigenvalue weighted by atomic mass is 10.2. The van der Waals surface area contributed by atoms with E-state index in [1.54, 1.807) is 0 Å². The summed E-state index contributed by atoms with van der Waals surface area (Å²) >= 11 is 0. The summed E-state index contributed by atoms with van der Waals surface area (Å²) in [6.45, 7) is 2.86. The normalized spacial score (nSPS) is 11.1. The monoisotopic (exact) mass is 279 g/mol. The van der Waals surface area contributed by atoms with Gasteiger partial charge in [0.2, 0.25) is 5.91 Å². The minimum Gasteiger partial charge on any atom is -0.341 e. The standard InChI is InChI=1S/C10H18NO6P/c1-8(12)3-5-11(6-4-9(2)13)10(14)7-18(15,16)17/h3-7H2,1-2H3,(H2,15,16,17). The van der Waals surface area contributed by atoms with Crippen LogP contribution >= 0.6 is 7.60 Å². The molecular formula is C10H18NO6P. The van der Waals surface area contributed by atoms with Crippen LogP contribution in [-0.4, -0.2) is 51.4 Å². The molecule has 1 amide bonds. The van der Waals surface area contributed by atoms with Crippen LogP contribution in [0.4, 0.5) is 0 Å². The Bertz CT molecular complexity index is 357. The van der Waals surface area contributed by atoms with Crippen LogP contribution < -0.4 is 0 Å². The number of nitrogens with zero attached hydrogens (tertiary/aromatic N) is 1. The van der Waals surface area contributed by atoms with Crippen molar-refractivity contribution in [3.8, 4) is 0 Å². The third-order valence-electron chi connectivity index (χ3n) is 2.16. The lowest BCUT2D eigenvalue weighted by molar-refractivity contribution is -0.129. The van der Waals surface area contributed by atoms with E-state index in [1.807, 2.05) is 0 Å². The fourth-order valence-corrected chi connectivity index (χ4v) is 1.77. The number of hydrogen-bond acceptors (Lipinski definition) is 4. The Morgan fingerprint density at radius 3 is 1.67 bits per heavy atom. The molecule has 0 aliphatic heterocycles. The Labute approximate surface area is 105 Å². The molecule has 0 bridgehead atoms. The Morgan fingerprint density at radius 2 is 1.39 bits per heavy atom. The van der Waals surface area contributed by atoms with Crippen molar-refractivity contribution >= 4 is 25.1 Å². The summed E-state index contributed by atoms with van der Waals surface area (Å²) in [7, 11) is -4.43. The third-order valence-corrected chi connectivity index (χ3v) is 2.84. The van der Waals surface area contributed by atoms with Gasteiger partial charge >= 0.3 is 7.60 Å². The van der Waals surface area contributed by atoms with Crippen molar-refractivity contribution < 1.29 is 28.7 Å². The van der Waals surface area contributed by atoms with Crippen LogP contribution in [0.2, 0.25) is 0 Å². The summed E-state index contributed by atoms with van der Waals surface area (Å²) in [4.78, 5) is 51.9. The molecule has 0 spiro atoms. The molecule has 0 aliphatic carbocycles. The molecular weight excluding hydrogens is 261 g/mol. The molecule has 0 heterocycles. The smallest absolute Gasteiger partial charge is 0.334 e. The molecule has 0 aliphatic rings. The molecule has 0 unspecified atom stereocenters. The van der Waals surface area contributed by atoms with E-state index in [9.17, 15) is 18.9 Å². The Hall–Kier alpha value is -1.04. The lowest BCUT2D eigenvalue weighted by Gasteiger charge is -2.22. The second-order valence-electron chi connectivity index (χ2n) is 4.11. The molecule has 104 valence electrons. The maximum atomic E-state index is 11.6. The van der Waals surface area contributed by atoms with E-state index in [0.717, 1.165) is 4.90 Å². The first kappa shape index (κ1) is 17.0. The van der Waals surface area contributed by atoms with E-state index in [0.29, 0.717) is 0 Å². The minimum absolute atomic E-state index is 0.0709. The van der Waals surface area contributed by atoms with Crippen molar-refractivity contribution in [2.75, 3.05) is 19.3 Å². The van der Waals surface area contributed by atoms with Crippen LogP contribution in [0.5, 0.6) is 0 Å². The summed E-state index contributed by atoms with van der Waals surface area (Å²) in [6.07, 6.45) is -0.696. The van der Waals surface area contributed by atoms with Gasteiger partial charge in [-0.2, -0.15) is 0 Å². The van der Waals surface area contributed by atoms with E-state index < -0.39 is 19.7 Å². The highest BCUT2D eigenvalue weighted by Crippen LogP contribution is 2.34. The van der Waals surface area contributed by atoms with Gasteiger partial charge in [0.15, 0.2) is 0 Å². The Morgan fingerprint density at radius 1 is 1.00 bits per heavy atom. The number of Topliss-reactive ketones (excluding diaryl/α,β-unsaturated/α-hetero) is 2. The van der Waals surface area contributed by atoms with Crippen molar-refractivity contribution in [3.05, 3.63) is 0 Å². The van der Waals surface area contributed by atoms with Gasteiger partial charge in [-0.05, 0) is 13.8 Å². The first-order valence-corrected chi connectivity index (χ1v) is 7.23. The maximum Gasteiger partial charge on any atom is 0.334 e. The van der Waals surface area contributed by atoms with Gasteiger partial charge in [0, 0.05) is 25.9 Å². The molecule has 0 fully saturated rings. The zero-order chi connectivity index (χ0) is 14.3. The zero-order valence-electron chi connectivity index (χ0n) is 10.5. The molecule has 2 N–H and O–H groups in total. The second-order valence-corrected chi connectivity index (χ2v) is 5.75. The van der Waals surface area contributed by atoms with Crippen molar-refractivity contribution in [3.63, 3.8) is 0 Å². The molecule has 0 atom stereocenters. The Balaban J connectivity index is 4.52. The van der Waals surface area contributed by atoms with Crippen LogP contribution in [0.1, 0.15) is 26.7 Å². The first-order chi connectivity index (χ1) is 8.11. The number of carbonyl (C=O) groups is 3. The van der Waals surface area contributed by atoms with E-state index in [2.05, 4.69) is 0 Å². The van der Waals surface area contributed by atoms with Gasteiger partial charge in [-0.1, -0.05) is 0 Å². The van der Waals surface area contributed by atoms with Gasteiger partial charge in [0.25, 0.3) is 0 Å². The molecule has 0 radical (unpaired) electrons. The van der Waals surface area contributed by atoms with E-state index in [1.165, 1.54) is 13.8 Å². The van der Waals surface area contributed by atoms with E-state index >= 15 is 0 Å². The van der Waals surface area contributed by atoms with Crippen LogP contribution in [0.3, 0.4) is 0 Å². The quantitative estimate of drug-likeness (QED) is 0.602. The van der Waals surface area contributed by atoms with Gasteiger partial charge in [-0.3, -0.25) is 18.9 Å². The van der Waals surface area contributed by atoms with Crippen LogP contribution in [-0.2, 0) is 18.9 Å². The molecule has 0 aromatic heterocycles. The van der Waals surface area contributed by atoms with Crippen molar-refractivity contribution in [2.24, 2.45) is 0 Å². The number of hydrogen-bond donors (Lipinski definition) is 2. The van der Waals surface area contributed by atoms with Crippen molar-refractivity contribution in [1.29, 1.82) is 0 Å². The molecule has 0 saturated heterocycles. The minimum atomic E-state index is -4.43. The largest absolute Gasteiger partial charge is 0.341 e. The molecule has 0 aromatic rings. The highest BCUT2D eigenvalue weighted by Gasteiger charge is 2.24. The van der Waals surface area contributed by atoms with Crippen molar-refractivity contribution in [2.45, 2.75) is 26.7 Å². The first-order valence-electron chi connectivity index (χ1n) is 5.43. The van der Waals surface area contributed by atoms with Gasteiger partial charge < -0.3 is 14.7 Å². The molecule has 0 aromatic carbocycles. The molecule has 0 saturated carbocycles. The average Bonchev–Trinajstić information content (AvgIpc) is 2.13. The fourth-order valence-electron chi connectivity index (χ4n) is 1.22. The van der Waals surface area contributed by atoms with Gasteiger partial charge in [-0.15, -0.1) is 0 Å². The van der Waals surface area contributed by atoms with Crippen LogP contribution in [0.15, 0.2) is 0 Å². The topological polar surface area (TPSA) is 112 Å². The Kier molecular flexibility index (Phi) is 6.98. The highest BCUT2D eigenvalue weighted by molar-refractivity contribution is 7.52. The number of amides is 1. The summed E-state index contributed by atoms with van der Waals surface area (Å²) in [6, 6.07) is 0. The highest BCUT2D eigenvalue weighted by atomic mass is 31.2. The SMILES string of the molecule is CC(=O)CCN(CCC(C)=O)C(=O)CP(=O)(O)O. The molecule has 7 nitrogen and oxygen atoms in total. The predicted octanol–water partition coefficient (Wildman–Crippen LogP) is -0.0491. The number of ketones is 2. The molecule has 0 rings (SSSR count). The van der Waals surface area contributed by atoms with Gasteiger partial charge in [0.05, 0.1) is 0 Å². The van der Waals surface area contributed by atoms with Crippen LogP contribution in [0.25, 0.3) is 0 Å². The van der Waals surface area contributed by atoms with Gasteiger partial charge in [-0.25, -0.2) is 0 Å². The molecule has 18 heavy (non-hydrogen) atoms. The fraction of sp³-hybridized carbons (Fsp3) is 0.700. The number of carbonyl (C=O) groups excluding carboxylic acids is 3. The average molecular weight is 279 g/mol. The van der Waals surface area contributed by atoms with Gasteiger partial charge in [0.1, 0.15) is 17.7 Å². The summed E-state index contributed by atoms with van der Waals surface area (Å²) in [5, 5.41) is 0. The predicted molar refractivity (Wildman–Crippen MR) is 64.1 cm³/mol. The number of rotatable bonds is 8. The summed E-state index contributed by atoms with van der Waals surface area (Å²) < 4.78 is 10.7. The maximum absolute atomic E-state index is 11.6. The van der Waals surface area contributed by atoms with E-state index in [4.69, 9.17) is 9.79 Å². The van der Waals surface area contributed by atoms with Crippen molar-refractivity contribution in [1.82, 2.24) is 4.90 Å². The van der Waals surface area contributed by atoms with Crippen LogP contribution in [0, 0.1) is 0 Å². The lowest BCUT2D eigenvalue weighted by Crippen LogP contribution is -2.36. The summed E-state index contributed by atoms with van der Waals surface area (Å²) in [5.41, 5.74) is 0. The molecule has 8 heteroatoms. The second kappa shape index (κ2) is 7.41. The third kappa shape index (κ3) is 9.04. The summed E-state index contributed by atoms with van der Waals surface area (Å²) in [5.74, 6) is -1.01.